The monoisotopic (exact) mass is 358 g/mol. The van der Waals surface area contributed by atoms with Gasteiger partial charge >= 0.3 is 6.03 Å². The van der Waals surface area contributed by atoms with Crippen LogP contribution in [0, 0.1) is 0 Å². The van der Waals surface area contributed by atoms with Crippen molar-refractivity contribution >= 4 is 29.4 Å². The summed E-state index contributed by atoms with van der Waals surface area (Å²) in [6.07, 6.45) is -4.60. The van der Waals surface area contributed by atoms with Crippen molar-refractivity contribution in [2.75, 3.05) is 18.7 Å². The highest BCUT2D eigenvalue weighted by Gasteiger charge is 2.47. The molecule has 0 aromatic rings. The molecule has 6 N–H and O–H groups in total. The average Bonchev–Trinajstić information content (AvgIpc) is 2.49. The number of alkyl halides is 1. The number of halogens is 1. The first-order valence-electron chi connectivity index (χ1n) is 6.84. The van der Waals surface area contributed by atoms with E-state index in [0.717, 1.165) is 11.8 Å². The minimum atomic E-state index is -1.45. The van der Waals surface area contributed by atoms with E-state index in [-0.39, 0.29) is 12.4 Å². The molecule has 22 heavy (non-hydrogen) atoms. The number of carbonyl (C=O) groups is 1. The Labute approximate surface area is 138 Å². The normalized spacial score (nSPS) is 34.8. The van der Waals surface area contributed by atoms with E-state index in [1.807, 2.05) is 0 Å². The predicted octanol–water partition coefficient (Wildman–Crippen LogP) is -1.56. The van der Waals surface area contributed by atoms with Gasteiger partial charge in [-0.05, 0) is 13.2 Å². The summed E-state index contributed by atoms with van der Waals surface area (Å²) >= 11 is 6.62. The Hall–Kier alpha value is -0.290. The summed E-state index contributed by atoms with van der Waals surface area (Å²) in [4.78, 5) is 11.7. The van der Waals surface area contributed by atoms with Crippen LogP contribution in [0.3, 0.4) is 0 Å². The SMILES string of the molecule is CS[C@H]1O[C@H]([C@H](NC(=O)NCCCl)[C@@H](C)O)[C@H](O)[C@H](O)[C@H]1O. The Kier molecular flexibility index (Phi) is 8.19. The lowest BCUT2D eigenvalue weighted by molar-refractivity contribution is -0.209. The molecule has 1 aliphatic rings. The molecule has 0 aromatic carbocycles. The first-order valence-corrected chi connectivity index (χ1v) is 8.66. The molecule has 0 aromatic heterocycles. The maximum atomic E-state index is 11.7. The van der Waals surface area contributed by atoms with Gasteiger partial charge in [-0.25, -0.2) is 4.79 Å². The van der Waals surface area contributed by atoms with Crippen LogP contribution in [0.2, 0.25) is 0 Å². The molecule has 1 heterocycles. The summed E-state index contributed by atoms with van der Waals surface area (Å²) in [6.45, 7) is 1.66. The molecule has 130 valence electrons. The summed E-state index contributed by atoms with van der Waals surface area (Å²) in [6, 6.07) is -1.55. The first kappa shape index (κ1) is 19.8. The molecule has 1 aliphatic heterocycles. The number of thioether (sulfide) groups is 1. The van der Waals surface area contributed by atoms with Crippen LogP contribution in [0.5, 0.6) is 0 Å². The zero-order valence-electron chi connectivity index (χ0n) is 12.3. The summed E-state index contributed by atoms with van der Waals surface area (Å²) in [5.41, 5.74) is -0.780. The number of hydrogen-bond acceptors (Lipinski definition) is 7. The van der Waals surface area contributed by atoms with Gasteiger partial charge < -0.3 is 35.8 Å². The zero-order valence-corrected chi connectivity index (χ0v) is 13.9. The van der Waals surface area contributed by atoms with Gasteiger partial charge in [-0.15, -0.1) is 23.4 Å². The topological polar surface area (TPSA) is 131 Å². The number of rotatable bonds is 6. The van der Waals surface area contributed by atoms with Crippen molar-refractivity contribution in [1.29, 1.82) is 0 Å². The Morgan fingerprint density at radius 1 is 1.32 bits per heavy atom. The Balaban J connectivity index is 2.82. The lowest BCUT2D eigenvalue weighted by Crippen LogP contribution is -2.65. The van der Waals surface area contributed by atoms with Crippen molar-refractivity contribution < 1.29 is 30.0 Å². The molecule has 8 nitrogen and oxygen atoms in total. The maximum Gasteiger partial charge on any atom is 0.315 e. The molecule has 1 saturated heterocycles. The summed E-state index contributed by atoms with van der Waals surface area (Å²) in [7, 11) is 0. The number of hydrogen-bond donors (Lipinski definition) is 6. The highest BCUT2D eigenvalue weighted by Crippen LogP contribution is 2.29. The molecule has 0 spiro atoms. The molecule has 1 fully saturated rings. The van der Waals surface area contributed by atoms with Crippen LogP contribution in [0.25, 0.3) is 0 Å². The second-order valence-electron chi connectivity index (χ2n) is 5.03. The number of ether oxygens (including phenoxy) is 1. The van der Waals surface area contributed by atoms with E-state index in [1.165, 1.54) is 6.92 Å². The molecule has 0 saturated carbocycles. The van der Waals surface area contributed by atoms with E-state index in [1.54, 1.807) is 6.26 Å². The van der Waals surface area contributed by atoms with Gasteiger partial charge in [0.15, 0.2) is 0 Å². The zero-order chi connectivity index (χ0) is 16.9. The van der Waals surface area contributed by atoms with E-state index in [0.29, 0.717) is 0 Å². The first-order chi connectivity index (χ1) is 10.3. The van der Waals surface area contributed by atoms with Crippen LogP contribution in [-0.4, -0.2) is 87.1 Å². The van der Waals surface area contributed by atoms with Crippen LogP contribution < -0.4 is 10.6 Å². The minimum absolute atomic E-state index is 0.231. The van der Waals surface area contributed by atoms with Crippen molar-refractivity contribution in [3.8, 4) is 0 Å². The fourth-order valence-electron chi connectivity index (χ4n) is 2.21. The summed E-state index contributed by atoms with van der Waals surface area (Å²) in [5, 5.41) is 44.6. The fourth-order valence-corrected chi connectivity index (χ4v) is 2.98. The molecule has 10 heteroatoms. The van der Waals surface area contributed by atoms with E-state index in [2.05, 4.69) is 10.6 Å². The second-order valence-corrected chi connectivity index (χ2v) is 6.35. The summed E-state index contributed by atoms with van der Waals surface area (Å²) < 4.78 is 5.53. The van der Waals surface area contributed by atoms with Gasteiger partial charge in [0.05, 0.1) is 12.1 Å². The fraction of sp³-hybridized carbons (Fsp3) is 0.917. The average molecular weight is 359 g/mol. The standard InChI is InChI=1S/C12H23ClN2O6S/c1-5(16)6(15-12(20)14-4-3-13)10-8(18)7(17)9(19)11(21-10)22-2/h5-11,16-19H,3-4H2,1-2H3,(H2,14,15,20)/t5-,6-,7+,8-,9-,10-,11-/m1/s1. The molecular weight excluding hydrogens is 336 g/mol. The lowest BCUT2D eigenvalue weighted by Gasteiger charge is -2.43. The van der Waals surface area contributed by atoms with Crippen LogP contribution in [-0.2, 0) is 4.74 Å². The van der Waals surface area contributed by atoms with Gasteiger partial charge in [-0.1, -0.05) is 0 Å². The van der Waals surface area contributed by atoms with Crippen molar-refractivity contribution in [2.24, 2.45) is 0 Å². The number of aliphatic hydroxyl groups is 4. The molecule has 0 aliphatic carbocycles. The third-order valence-corrected chi connectivity index (χ3v) is 4.43. The highest BCUT2D eigenvalue weighted by molar-refractivity contribution is 7.99. The van der Waals surface area contributed by atoms with Crippen LogP contribution >= 0.6 is 23.4 Å². The maximum absolute atomic E-state index is 11.7. The Morgan fingerprint density at radius 3 is 2.45 bits per heavy atom. The number of aliphatic hydroxyl groups excluding tert-OH is 4. The van der Waals surface area contributed by atoms with Gasteiger partial charge in [0.1, 0.15) is 29.9 Å². The predicted molar refractivity (Wildman–Crippen MR) is 82.9 cm³/mol. The van der Waals surface area contributed by atoms with E-state index in [9.17, 15) is 25.2 Å². The van der Waals surface area contributed by atoms with Crippen molar-refractivity contribution in [3.05, 3.63) is 0 Å². The molecule has 0 bridgehead atoms. The van der Waals surface area contributed by atoms with Gasteiger partial charge in [-0.3, -0.25) is 0 Å². The molecule has 2 amide bonds. The van der Waals surface area contributed by atoms with E-state index >= 15 is 0 Å². The highest BCUT2D eigenvalue weighted by atomic mass is 35.5. The van der Waals surface area contributed by atoms with Gasteiger partial charge in [0.25, 0.3) is 0 Å². The number of nitrogens with one attached hydrogen (secondary N) is 2. The van der Waals surface area contributed by atoms with Crippen molar-refractivity contribution in [2.45, 2.75) is 48.9 Å². The molecular formula is C12H23ClN2O6S. The van der Waals surface area contributed by atoms with Crippen LogP contribution in [0.15, 0.2) is 0 Å². The number of urea groups is 1. The van der Waals surface area contributed by atoms with Crippen LogP contribution in [0.4, 0.5) is 4.79 Å². The largest absolute Gasteiger partial charge is 0.391 e. The third kappa shape index (κ3) is 4.85. The Morgan fingerprint density at radius 2 is 1.95 bits per heavy atom. The van der Waals surface area contributed by atoms with Gasteiger partial charge in [-0.2, -0.15) is 0 Å². The van der Waals surface area contributed by atoms with Crippen molar-refractivity contribution in [3.63, 3.8) is 0 Å². The molecule has 0 unspecified atom stereocenters. The quantitative estimate of drug-likeness (QED) is 0.317. The Bertz CT molecular complexity index is 363. The number of carbonyl (C=O) groups excluding carboxylic acids is 1. The molecule has 0 radical (unpaired) electrons. The van der Waals surface area contributed by atoms with Crippen molar-refractivity contribution in [1.82, 2.24) is 10.6 Å². The summed E-state index contributed by atoms with van der Waals surface area (Å²) in [5.74, 6) is 0.231. The van der Waals surface area contributed by atoms with Crippen LogP contribution in [0.1, 0.15) is 6.92 Å². The smallest absolute Gasteiger partial charge is 0.315 e. The third-order valence-electron chi connectivity index (χ3n) is 3.39. The lowest BCUT2D eigenvalue weighted by atomic mass is 9.92. The minimum Gasteiger partial charge on any atom is -0.391 e. The number of amides is 2. The van der Waals surface area contributed by atoms with Gasteiger partial charge in [0.2, 0.25) is 0 Å². The van der Waals surface area contributed by atoms with E-state index in [4.69, 9.17) is 16.3 Å². The molecule has 7 atom stereocenters. The molecule has 1 rings (SSSR count). The second kappa shape index (κ2) is 9.11. The van der Waals surface area contributed by atoms with Gasteiger partial charge in [0, 0.05) is 12.4 Å². The van der Waals surface area contributed by atoms with E-state index < -0.39 is 48.0 Å².